The third-order valence-electron chi connectivity index (χ3n) is 3.73. The van der Waals surface area contributed by atoms with Gasteiger partial charge in [-0.25, -0.2) is 8.78 Å². The first-order valence-electron chi connectivity index (χ1n) is 8.15. The SMILES string of the molecule is CN=C(NCCCOCC1CC1)NCCc1cc(F)ccc1F. The Morgan fingerprint density at radius 3 is 2.78 bits per heavy atom. The number of benzene rings is 1. The van der Waals surface area contributed by atoms with Crippen molar-refractivity contribution in [2.45, 2.75) is 25.7 Å². The second kappa shape index (κ2) is 9.45. The number of rotatable bonds is 9. The molecule has 4 nitrogen and oxygen atoms in total. The Balaban J connectivity index is 1.57. The Bertz CT molecular complexity index is 519. The normalized spacial score (nSPS) is 14.8. The van der Waals surface area contributed by atoms with Crippen molar-refractivity contribution in [3.05, 3.63) is 35.4 Å². The number of aliphatic imine (C=N–C) groups is 1. The molecule has 128 valence electrons. The van der Waals surface area contributed by atoms with Crippen LogP contribution in [0.4, 0.5) is 8.78 Å². The molecule has 0 bridgehead atoms. The van der Waals surface area contributed by atoms with Gasteiger partial charge < -0.3 is 15.4 Å². The van der Waals surface area contributed by atoms with E-state index in [0.29, 0.717) is 24.5 Å². The van der Waals surface area contributed by atoms with Gasteiger partial charge in [-0.15, -0.1) is 0 Å². The molecule has 0 amide bonds. The molecule has 1 aliphatic rings. The maximum atomic E-state index is 13.5. The van der Waals surface area contributed by atoms with Crippen molar-refractivity contribution in [1.82, 2.24) is 10.6 Å². The third kappa shape index (κ3) is 6.95. The Labute approximate surface area is 136 Å². The Kier molecular flexibility index (Phi) is 7.26. The fourth-order valence-corrected chi connectivity index (χ4v) is 2.19. The number of hydrogen-bond acceptors (Lipinski definition) is 2. The first-order chi connectivity index (χ1) is 11.2. The Morgan fingerprint density at radius 2 is 2.04 bits per heavy atom. The van der Waals surface area contributed by atoms with Crippen LogP contribution in [0.3, 0.4) is 0 Å². The van der Waals surface area contributed by atoms with Gasteiger partial charge in [0.25, 0.3) is 0 Å². The van der Waals surface area contributed by atoms with Crippen LogP contribution in [0.1, 0.15) is 24.8 Å². The van der Waals surface area contributed by atoms with Gasteiger partial charge in [0.15, 0.2) is 5.96 Å². The molecular weight excluding hydrogens is 300 g/mol. The van der Waals surface area contributed by atoms with E-state index in [4.69, 9.17) is 4.74 Å². The molecule has 0 aliphatic heterocycles. The van der Waals surface area contributed by atoms with E-state index in [1.165, 1.54) is 18.9 Å². The van der Waals surface area contributed by atoms with Crippen LogP contribution in [0.5, 0.6) is 0 Å². The van der Waals surface area contributed by atoms with Crippen molar-refractivity contribution in [1.29, 1.82) is 0 Å². The van der Waals surface area contributed by atoms with Gasteiger partial charge in [-0.1, -0.05) is 0 Å². The topological polar surface area (TPSA) is 45.7 Å². The van der Waals surface area contributed by atoms with Crippen molar-refractivity contribution in [2.75, 3.05) is 33.4 Å². The minimum absolute atomic E-state index is 0.362. The number of hydrogen-bond donors (Lipinski definition) is 2. The molecule has 2 rings (SSSR count). The lowest BCUT2D eigenvalue weighted by molar-refractivity contribution is 0.123. The summed E-state index contributed by atoms with van der Waals surface area (Å²) in [5.41, 5.74) is 0.362. The molecule has 6 heteroatoms. The van der Waals surface area contributed by atoms with Gasteiger partial charge in [-0.2, -0.15) is 0 Å². The summed E-state index contributed by atoms with van der Waals surface area (Å²) in [5, 5.41) is 6.27. The summed E-state index contributed by atoms with van der Waals surface area (Å²) in [4.78, 5) is 4.10. The summed E-state index contributed by atoms with van der Waals surface area (Å²) in [6.07, 6.45) is 3.92. The monoisotopic (exact) mass is 325 g/mol. The second-order valence-corrected chi connectivity index (χ2v) is 5.78. The zero-order chi connectivity index (χ0) is 16.5. The summed E-state index contributed by atoms with van der Waals surface area (Å²) < 4.78 is 32.1. The van der Waals surface area contributed by atoms with Crippen molar-refractivity contribution < 1.29 is 13.5 Å². The molecule has 0 aromatic heterocycles. The molecular formula is C17H25F2N3O. The van der Waals surface area contributed by atoms with Crippen LogP contribution >= 0.6 is 0 Å². The van der Waals surface area contributed by atoms with Gasteiger partial charge in [-0.05, 0) is 55.4 Å². The van der Waals surface area contributed by atoms with Crippen LogP contribution in [0.2, 0.25) is 0 Å². The predicted molar refractivity (Wildman–Crippen MR) is 87.6 cm³/mol. The van der Waals surface area contributed by atoms with Crippen molar-refractivity contribution >= 4 is 5.96 Å². The standard InChI is InChI=1S/C17H25F2N3O/c1-20-17(21-8-2-10-23-12-13-3-4-13)22-9-7-14-11-15(18)5-6-16(14)19/h5-6,11,13H,2-4,7-10,12H2,1H3,(H2,20,21,22). The molecule has 2 N–H and O–H groups in total. The van der Waals surface area contributed by atoms with Crippen LogP contribution in [-0.4, -0.2) is 39.3 Å². The molecule has 0 unspecified atom stereocenters. The average molecular weight is 325 g/mol. The van der Waals surface area contributed by atoms with Crippen molar-refractivity contribution in [3.8, 4) is 0 Å². The molecule has 1 aromatic carbocycles. The molecule has 0 radical (unpaired) electrons. The maximum Gasteiger partial charge on any atom is 0.190 e. The largest absolute Gasteiger partial charge is 0.381 e. The first-order valence-corrected chi connectivity index (χ1v) is 8.15. The first kappa shape index (κ1) is 17.7. The van der Waals surface area contributed by atoms with E-state index in [2.05, 4.69) is 15.6 Å². The number of halogens is 2. The van der Waals surface area contributed by atoms with Crippen LogP contribution in [0, 0.1) is 17.6 Å². The minimum Gasteiger partial charge on any atom is -0.381 e. The smallest absolute Gasteiger partial charge is 0.190 e. The van der Waals surface area contributed by atoms with Gasteiger partial charge in [0.2, 0.25) is 0 Å². The minimum atomic E-state index is -0.421. The zero-order valence-corrected chi connectivity index (χ0v) is 13.6. The number of nitrogens with zero attached hydrogens (tertiary/aromatic N) is 1. The Morgan fingerprint density at radius 1 is 1.26 bits per heavy atom. The molecule has 23 heavy (non-hydrogen) atoms. The fraction of sp³-hybridized carbons (Fsp3) is 0.588. The van der Waals surface area contributed by atoms with E-state index < -0.39 is 5.82 Å². The lowest BCUT2D eigenvalue weighted by atomic mass is 10.1. The zero-order valence-electron chi connectivity index (χ0n) is 13.6. The predicted octanol–water partition coefficient (Wildman–Crippen LogP) is 2.49. The number of guanidine groups is 1. The van der Waals surface area contributed by atoms with Crippen molar-refractivity contribution in [3.63, 3.8) is 0 Å². The van der Waals surface area contributed by atoms with Crippen LogP contribution in [0.25, 0.3) is 0 Å². The van der Waals surface area contributed by atoms with Gasteiger partial charge in [-0.3, -0.25) is 4.99 Å². The van der Waals surface area contributed by atoms with Crippen molar-refractivity contribution in [2.24, 2.45) is 10.9 Å². The lowest BCUT2D eigenvalue weighted by Crippen LogP contribution is -2.39. The van der Waals surface area contributed by atoms with Crippen LogP contribution in [0.15, 0.2) is 23.2 Å². The summed E-state index contributed by atoms with van der Waals surface area (Å²) >= 11 is 0. The van der Waals surface area contributed by atoms with Gasteiger partial charge >= 0.3 is 0 Å². The number of ether oxygens (including phenoxy) is 1. The molecule has 0 atom stereocenters. The van der Waals surface area contributed by atoms with E-state index >= 15 is 0 Å². The molecule has 1 fully saturated rings. The van der Waals surface area contributed by atoms with Gasteiger partial charge in [0.1, 0.15) is 11.6 Å². The summed E-state index contributed by atoms with van der Waals surface area (Å²) in [6.45, 7) is 2.87. The maximum absolute atomic E-state index is 13.5. The van der Waals surface area contributed by atoms with Gasteiger partial charge in [0.05, 0.1) is 0 Å². The second-order valence-electron chi connectivity index (χ2n) is 5.78. The van der Waals surface area contributed by atoms with E-state index in [1.54, 1.807) is 7.05 Å². The fourth-order valence-electron chi connectivity index (χ4n) is 2.19. The molecule has 0 saturated heterocycles. The van der Waals surface area contributed by atoms with E-state index in [-0.39, 0.29) is 5.82 Å². The van der Waals surface area contributed by atoms with E-state index in [1.807, 2.05) is 0 Å². The lowest BCUT2D eigenvalue weighted by Gasteiger charge is -2.12. The highest BCUT2D eigenvalue weighted by atomic mass is 19.1. The Hall–Kier alpha value is -1.69. The molecule has 0 heterocycles. The highest BCUT2D eigenvalue weighted by Crippen LogP contribution is 2.28. The van der Waals surface area contributed by atoms with E-state index in [9.17, 15) is 8.78 Å². The van der Waals surface area contributed by atoms with Crippen LogP contribution < -0.4 is 10.6 Å². The highest BCUT2D eigenvalue weighted by molar-refractivity contribution is 5.79. The van der Waals surface area contributed by atoms with E-state index in [0.717, 1.165) is 44.2 Å². The quantitative estimate of drug-likeness (QED) is 0.416. The number of nitrogens with one attached hydrogen (secondary N) is 2. The summed E-state index contributed by atoms with van der Waals surface area (Å²) in [5.74, 6) is 0.642. The molecule has 1 aromatic rings. The molecule has 1 aliphatic carbocycles. The average Bonchev–Trinajstić information content (AvgIpc) is 3.36. The highest BCUT2D eigenvalue weighted by Gasteiger charge is 2.20. The van der Waals surface area contributed by atoms with Crippen LogP contribution in [-0.2, 0) is 11.2 Å². The summed E-state index contributed by atoms with van der Waals surface area (Å²) in [7, 11) is 1.68. The van der Waals surface area contributed by atoms with Gasteiger partial charge in [0, 0.05) is 33.4 Å². The third-order valence-corrected chi connectivity index (χ3v) is 3.73. The molecule has 1 saturated carbocycles. The summed E-state index contributed by atoms with van der Waals surface area (Å²) in [6, 6.07) is 3.50. The molecule has 0 spiro atoms.